The van der Waals surface area contributed by atoms with Crippen LogP contribution in [0.5, 0.6) is 0 Å². The van der Waals surface area contributed by atoms with E-state index in [9.17, 15) is 4.79 Å². The van der Waals surface area contributed by atoms with Gasteiger partial charge in [-0.1, -0.05) is 56.9 Å². The normalized spacial score (nSPS) is 12.5. The van der Waals surface area contributed by atoms with Gasteiger partial charge < -0.3 is 4.74 Å². The van der Waals surface area contributed by atoms with E-state index in [-0.39, 0.29) is 5.97 Å². The lowest BCUT2D eigenvalue weighted by molar-refractivity contribution is -0.137. The zero-order chi connectivity index (χ0) is 14.3. The zero-order valence-corrected chi connectivity index (χ0v) is 12.7. The van der Waals surface area contributed by atoms with Crippen LogP contribution in [-0.4, -0.2) is 12.6 Å². The van der Waals surface area contributed by atoms with Crippen molar-refractivity contribution in [3.63, 3.8) is 0 Å². The van der Waals surface area contributed by atoms with Crippen molar-refractivity contribution in [3.05, 3.63) is 36.0 Å². The molecule has 0 heterocycles. The van der Waals surface area contributed by atoms with Gasteiger partial charge in [-0.3, -0.25) is 0 Å². The third-order valence-electron chi connectivity index (χ3n) is 2.92. The van der Waals surface area contributed by atoms with Crippen molar-refractivity contribution in [1.82, 2.24) is 0 Å². The number of allylic oxidation sites excluding steroid dienone is 4. The summed E-state index contributed by atoms with van der Waals surface area (Å²) in [6.07, 6.45) is 17.4. The SMILES string of the molecule is C/C=C(/C)C(=O)OC/C=C/C=C/CCCCCCC. The van der Waals surface area contributed by atoms with Crippen LogP contribution in [0.4, 0.5) is 0 Å². The first-order valence-corrected chi connectivity index (χ1v) is 7.34. The molecule has 0 aliphatic rings. The quantitative estimate of drug-likeness (QED) is 0.241. The Kier molecular flexibility index (Phi) is 12.2. The molecule has 0 fully saturated rings. The monoisotopic (exact) mass is 264 g/mol. The number of carbonyl (C=O) groups excluding carboxylic acids is 1. The van der Waals surface area contributed by atoms with E-state index in [2.05, 4.69) is 13.0 Å². The van der Waals surface area contributed by atoms with E-state index in [0.29, 0.717) is 12.2 Å². The van der Waals surface area contributed by atoms with E-state index in [1.165, 1.54) is 32.1 Å². The minimum atomic E-state index is -0.243. The van der Waals surface area contributed by atoms with Crippen molar-refractivity contribution in [2.24, 2.45) is 0 Å². The van der Waals surface area contributed by atoms with Gasteiger partial charge >= 0.3 is 5.97 Å². The topological polar surface area (TPSA) is 26.3 Å². The van der Waals surface area contributed by atoms with Gasteiger partial charge in [-0.15, -0.1) is 0 Å². The average Bonchev–Trinajstić information content (AvgIpc) is 2.43. The minimum absolute atomic E-state index is 0.243. The fraction of sp³-hybridized carbons (Fsp3) is 0.588. The summed E-state index contributed by atoms with van der Waals surface area (Å²) in [5.74, 6) is -0.243. The first-order valence-electron chi connectivity index (χ1n) is 7.34. The van der Waals surface area contributed by atoms with Crippen LogP contribution in [0.1, 0.15) is 59.3 Å². The molecule has 0 radical (unpaired) electrons. The van der Waals surface area contributed by atoms with Gasteiger partial charge in [0.1, 0.15) is 6.61 Å². The van der Waals surface area contributed by atoms with Gasteiger partial charge in [0.15, 0.2) is 0 Å². The Morgan fingerprint density at radius 2 is 1.74 bits per heavy atom. The highest BCUT2D eigenvalue weighted by atomic mass is 16.5. The lowest BCUT2D eigenvalue weighted by atomic mass is 10.1. The smallest absolute Gasteiger partial charge is 0.333 e. The standard InChI is InChI=1S/C17H28O2/c1-4-6-7-8-9-10-11-12-13-14-15-19-17(18)16(3)5-2/h5,11-14H,4,6-10,15H2,1-3H3/b12-11+,14-13+,16-5-. The molecule has 0 atom stereocenters. The Morgan fingerprint density at radius 1 is 1.05 bits per heavy atom. The van der Waals surface area contributed by atoms with Gasteiger partial charge in [0.25, 0.3) is 0 Å². The molecule has 0 saturated carbocycles. The molecule has 0 amide bonds. The molecular formula is C17H28O2. The van der Waals surface area contributed by atoms with Crippen molar-refractivity contribution < 1.29 is 9.53 Å². The first kappa shape index (κ1) is 17.7. The van der Waals surface area contributed by atoms with Crippen molar-refractivity contribution >= 4 is 5.97 Å². The number of ether oxygens (including phenoxy) is 1. The molecule has 108 valence electrons. The Morgan fingerprint density at radius 3 is 2.42 bits per heavy atom. The highest BCUT2D eigenvalue weighted by molar-refractivity contribution is 5.87. The Labute approximate surface area is 118 Å². The fourth-order valence-electron chi connectivity index (χ4n) is 1.53. The molecule has 0 saturated heterocycles. The van der Waals surface area contributed by atoms with Crippen LogP contribution in [0, 0.1) is 0 Å². The van der Waals surface area contributed by atoms with E-state index in [1.807, 2.05) is 25.2 Å². The molecule has 19 heavy (non-hydrogen) atoms. The third-order valence-corrected chi connectivity index (χ3v) is 2.92. The molecule has 0 aliphatic carbocycles. The number of hydrogen-bond donors (Lipinski definition) is 0. The van der Waals surface area contributed by atoms with Crippen LogP contribution in [-0.2, 0) is 9.53 Å². The number of carbonyl (C=O) groups is 1. The second-order valence-corrected chi connectivity index (χ2v) is 4.63. The van der Waals surface area contributed by atoms with Crippen molar-refractivity contribution in [1.29, 1.82) is 0 Å². The third kappa shape index (κ3) is 11.5. The summed E-state index contributed by atoms with van der Waals surface area (Å²) in [7, 11) is 0. The summed E-state index contributed by atoms with van der Waals surface area (Å²) < 4.78 is 5.04. The maximum atomic E-state index is 11.3. The maximum Gasteiger partial charge on any atom is 0.333 e. The molecule has 2 heteroatoms. The predicted octanol–water partition coefficient (Wildman–Crippen LogP) is 4.97. The van der Waals surface area contributed by atoms with Gasteiger partial charge in [-0.25, -0.2) is 4.79 Å². The molecule has 0 aliphatic heterocycles. The van der Waals surface area contributed by atoms with Crippen LogP contribution >= 0.6 is 0 Å². The molecule has 0 aromatic heterocycles. The summed E-state index contributed by atoms with van der Waals surface area (Å²) in [6.45, 7) is 6.15. The molecule has 0 aromatic carbocycles. The van der Waals surface area contributed by atoms with Crippen LogP contribution < -0.4 is 0 Å². The van der Waals surface area contributed by atoms with E-state index in [4.69, 9.17) is 4.74 Å². The Bertz CT molecular complexity index is 311. The van der Waals surface area contributed by atoms with Gasteiger partial charge in [-0.2, -0.15) is 0 Å². The van der Waals surface area contributed by atoms with Gasteiger partial charge in [0.05, 0.1) is 0 Å². The molecule has 0 unspecified atom stereocenters. The number of unbranched alkanes of at least 4 members (excludes halogenated alkanes) is 5. The molecule has 0 spiro atoms. The fourth-order valence-corrected chi connectivity index (χ4v) is 1.53. The second kappa shape index (κ2) is 13.1. The van der Waals surface area contributed by atoms with E-state index in [1.54, 1.807) is 13.0 Å². The van der Waals surface area contributed by atoms with Crippen LogP contribution in [0.25, 0.3) is 0 Å². The predicted molar refractivity (Wildman–Crippen MR) is 82.0 cm³/mol. The lowest BCUT2D eigenvalue weighted by Crippen LogP contribution is -2.05. The summed E-state index contributed by atoms with van der Waals surface area (Å²) in [6, 6.07) is 0. The number of rotatable bonds is 10. The van der Waals surface area contributed by atoms with Gasteiger partial charge in [-0.05, 0) is 32.8 Å². The molecule has 2 nitrogen and oxygen atoms in total. The number of hydrogen-bond acceptors (Lipinski definition) is 2. The molecule has 0 N–H and O–H groups in total. The molecular weight excluding hydrogens is 236 g/mol. The second-order valence-electron chi connectivity index (χ2n) is 4.63. The van der Waals surface area contributed by atoms with Crippen molar-refractivity contribution in [3.8, 4) is 0 Å². The van der Waals surface area contributed by atoms with Crippen LogP contribution in [0.2, 0.25) is 0 Å². The molecule has 0 rings (SSSR count). The van der Waals surface area contributed by atoms with E-state index < -0.39 is 0 Å². The van der Waals surface area contributed by atoms with E-state index >= 15 is 0 Å². The highest BCUT2D eigenvalue weighted by Gasteiger charge is 2.01. The summed E-state index contributed by atoms with van der Waals surface area (Å²) >= 11 is 0. The largest absolute Gasteiger partial charge is 0.458 e. The summed E-state index contributed by atoms with van der Waals surface area (Å²) in [4.78, 5) is 11.3. The molecule has 0 aromatic rings. The molecule has 0 bridgehead atoms. The van der Waals surface area contributed by atoms with Crippen molar-refractivity contribution in [2.75, 3.05) is 6.61 Å². The summed E-state index contributed by atoms with van der Waals surface area (Å²) in [5.41, 5.74) is 0.649. The van der Waals surface area contributed by atoms with Crippen LogP contribution in [0.15, 0.2) is 36.0 Å². The van der Waals surface area contributed by atoms with E-state index in [0.717, 1.165) is 6.42 Å². The van der Waals surface area contributed by atoms with Gasteiger partial charge in [0, 0.05) is 5.57 Å². The highest BCUT2D eigenvalue weighted by Crippen LogP contribution is 2.05. The summed E-state index contributed by atoms with van der Waals surface area (Å²) in [5, 5.41) is 0. The van der Waals surface area contributed by atoms with Crippen molar-refractivity contribution in [2.45, 2.75) is 59.3 Å². The Balaban J connectivity index is 3.50. The lowest BCUT2D eigenvalue weighted by Gasteiger charge is -1.99. The zero-order valence-electron chi connectivity index (χ0n) is 12.7. The Hall–Kier alpha value is -1.31. The minimum Gasteiger partial charge on any atom is -0.458 e. The average molecular weight is 264 g/mol. The maximum absolute atomic E-state index is 11.3. The number of esters is 1. The van der Waals surface area contributed by atoms with Crippen LogP contribution in [0.3, 0.4) is 0 Å². The first-order chi connectivity index (χ1) is 9.22. The van der Waals surface area contributed by atoms with Gasteiger partial charge in [0.2, 0.25) is 0 Å².